The van der Waals surface area contributed by atoms with Crippen molar-refractivity contribution < 1.29 is 14.3 Å². The van der Waals surface area contributed by atoms with Crippen LogP contribution in [0.5, 0.6) is 5.75 Å². The van der Waals surface area contributed by atoms with Gasteiger partial charge < -0.3 is 15.4 Å². The lowest BCUT2D eigenvalue weighted by molar-refractivity contribution is -0.122. The van der Waals surface area contributed by atoms with Crippen LogP contribution < -0.4 is 15.4 Å². The summed E-state index contributed by atoms with van der Waals surface area (Å²) in [4.78, 5) is 24.3. The number of rotatable bonds is 5. The van der Waals surface area contributed by atoms with E-state index < -0.39 is 6.10 Å². The number of benzene rings is 2. The standard InChI is InChI=1S/C19H22N2O3/c1-12-9-10-13(2)17(11-12)24-14(3)18(22)21-16-8-6-5-7-15(16)19(23)20-4/h5-11,14H,1-4H3,(H,20,23)(H,21,22). The number of anilines is 1. The highest BCUT2D eigenvalue weighted by Gasteiger charge is 2.18. The predicted octanol–water partition coefficient (Wildman–Crippen LogP) is 3.07. The van der Waals surface area contributed by atoms with Crippen molar-refractivity contribution in [3.63, 3.8) is 0 Å². The third-order valence-electron chi connectivity index (χ3n) is 3.67. The molecule has 0 fully saturated rings. The topological polar surface area (TPSA) is 67.4 Å². The van der Waals surface area contributed by atoms with Gasteiger partial charge in [0.15, 0.2) is 6.10 Å². The zero-order valence-electron chi connectivity index (χ0n) is 14.3. The van der Waals surface area contributed by atoms with Gasteiger partial charge in [-0.1, -0.05) is 24.3 Å². The minimum Gasteiger partial charge on any atom is -0.481 e. The number of para-hydroxylation sites is 1. The van der Waals surface area contributed by atoms with Crippen LogP contribution in [0.1, 0.15) is 28.4 Å². The third-order valence-corrected chi connectivity index (χ3v) is 3.67. The molecule has 5 nitrogen and oxygen atoms in total. The second kappa shape index (κ2) is 7.64. The summed E-state index contributed by atoms with van der Waals surface area (Å²) < 4.78 is 5.77. The molecule has 0 bridgehead atoms. The maximum atomic E-state index is 12.4. The first-order chi connectivity index (χ1) is 11.4. The van der Waals surface area contributed by atoms with Gasteiger partial charge >= 0.3 is 0 Å². The highest BCUT2D eigenvalue weighted by Crippen LogP contribution is 2.21. The average molecular weight is 326 g/mol. The van der Waals surface area contributed by atoms with Crippen molar-refractivity contribution in [1.82, 2.24) is 5.32 Å². The summed E-state index contributed by atoms with van der Waals surface area (Å²) in [5, 5.41) is 5.31. The molecule has 2 amide bonds. The summed E-state index contributed by atoms with van der Waals surface area (Å²) >= 11 is 0. The summed E-state index contributed by atoms with van der Waals surface area (Å²) in [6.45, 7) is 5.58. The molecule has 1 unspecified atom stereocenters. The van der Waals surface area contributed by atoms with Crippen molar-refractivity contribution in [2.75, 3.05) is 12.4 Å². The summed E-state index contributed by atoms with van der Waals surface area (Å²) in [6, 6.07) is 12.7. The van der Waals surface area contributed by atoms with Crippen LogP contribution >= 0.6 is 0 Å². The average Bonchev–Trinajstić information content (AvgIpc) is 2.57. The number of amides is 2. The number of hydrogen-bond donors (Lipinski definition) is 2. The lowest BCUT2D eigenvalue weighted by Gasteiger charge is -2.17. The molecular formula is C19H22N2O3. The molecule has 0 saturated heterocycles. The molecule has 1 atom stereocenters. The van der Waals surface area contributed by atoms with Crippen LogP contribution in [-0.4, -0.2) is 25.0 Å². The smallest absolute Gasteiger partial charge is 0.265 e. The van der Waals surface area contributed by atoms with Crippen LogP contribution in [-0.2, 0) is 4.79 Å². The molecule has 126 valence electrons. The Kier molecular flexibility index (Phi) is 5.58. The molecule has 2 rings (SSSR count). The van der Waals surface area contributed by atoms with E-state index in [1.54, 1.807) is 38.2 Å². The van der Waals surface area contributed by atoms with Gasteiger partial charge in [-0.2, -0.15) is 0 Å². The van der Waals surface area contributed by atoms with Crippen molar-refractivity contribution in [2.45, 2.75) is 26.9 Å². The molecule has 2 aromatic rings. The van der Waals surface area contributed by atoms with E-state index in [4.69, 9.17) is 4.74 Å². The molecule has 0 aliphatic rings. The number of nitrogens with one attached hydrogen (secondary N) is 2. The lowest BCUT2D eigenvalue weighted by Crippen LogP contribution is -2.31. The highest BCUT2D eigenvalue weighted by atomic mass is 16.5. The molecule has 0 aliphatic carbocycles. The van der Waals surface area contributed by atoms with E-state index in [0.29, 0.717) is 17.0 Å². The Bertz CT molecular complexity index is 756. The summed E-state index contributed by atoms with van der Waals surface area (Å²) in [5.41, 5.74) is 2.89. The van der Waals surface area contributed by atoms with E-state index in [2.05, 4.69) is 10.6 Å². The minimum absolute atomic E-state index is 0.256. The Hall–Kier alpha value is -2.82. The molecule has 2 aromatic carbocycles. The lowest BCUT2D eigenvalue weighted by atomic mass is 10.1. The predicted molar refractivity (Wildman–Crippen MR) is 94.5 cm³/mol. The third kappa shape index (κ3) is 4.13. The number of aryl methyl sites for hydroxylation is 2. The fourth-order valence-electron chi connectivity index (χ4n) is 2.24. The minimum atomic E-state index is -0.691. The van der Waals surface area contributed by atoms with Crippen LogP contribution in [0.2, 0.25) is 0 Å². The van der Waals surface area contributed by atoms with Gasteiger partial charge in [0, 0.05) is 7.05 Å². The second-order valence-electron chi connectivity index (χ2n) is 5.64. The molecular weight excluding hydrogens is 304 g/mol. The van der Waals surface area contributed by atoms with Gasteiger partial charge in [-0.3, -0.25) is 9.59 Å². The summed E-state index contributed by atoms with van der Waals surface area (Å²) in [7, 11) is 1.55. The van der Waals surface area contributed by atoms with Crippen molar-refractivity contribution in [3.8, 4) is 5.75 Å². The fourth-order valence-corrected chi connectivity index (χ4v) is 2.24. The van der Waals surface area contributed by atoms with Crippen LogP contribution in [0.15, 0.2) is 42.5 Å². The quantitative estimate of drug-likeness (QED) is 0.887. The Labute approximate surface area is 142 Å². The van der Waals surface area contributed by atoms with E-state index in [9.17, 15) is 9.59 Å². The van der Waals surface area contributed by atoms with Gasteiger partial charge in [0.2, 0.25) is 0 Å². The SMILES string of the molecule is CNC(=O)c1ccccc1NC(=O)C(C)Oc1cc(C)ccc1C. The van der Waals surface area contributed by atoms with Crippen LogP contribution in [0.25, 0.3) is 0 Å². The van der Waals surface area contributed by atoms with Gasteiger partial charge in [-0.15, -0.1) is 0 Å². The maximum Gasteiger partial charge on any atom is 0.265 e. The van der Waals surface area contributed by atoms with Crippen LogP contribution in [0, 0.1) is 13.8 Å². The number of carbonyl (C=O) groups excluding carboxylic acids is 2. The molecule has 0 saturated carbocycles. The number of carbonyl (C=O) groups is 2. The maximum absolute atomic E-state index is 12.4. The Morgan fingerprint density at radius 1 is 1.08 bits per heavy atom. The first-order valence-corrected chi connectivity index (χ1v) is 7.78. The van der Waals surface area contributed by atoms with Crippen LogP contribution in [0.4, 0.5) is 5.69 Å². The zero-order valence-corrected chi connectivity index (χ0v) is 14.3. The van der Waals surface area contributed by atoms with E-state index in [1.165, 1.54) is 0 Å². The molecule has 0 aromatic heterocycles. The van der Waals surface area contributed by atoms with Gasteiger partial charge in [-0.25, -0.2) is 0 Å². The number of ether oxygens (including phenoxy) is 1. The van der Waals surface area contributed by atoms with Crippen molar-refractivity contribution >= 4 is 17.5 Å². The van der Waals surface area contributed by atoms with Crippen LogP contribution in [0.3, 0.4) is 0 Å². The molecule has 5 heteroatoms. The van der Waals surface area contributed by atoms with E-state index in [1.807, 2.05) is 32.0 Å². The Morgan fingerprint density at radius 2 is 1.79 bits per heavy atom. The fraction of sp³-hybridized carbons (Fsp3) is 0.263. The van der Waals surface area contributed by atoms with E-state index >= 15 is 0 Å². The molecule has 0 radical (unpaired) electrons. The zero-order chi connectivity index (χ0) is 17.7. The molecule has 0 spiro atoms. The van der Waals surface area contributed by atoms with Gasteiger partial charge in [-0.05, 0) is 50.1 Å². The molecule has 0 aliphatic heterocycles. The first kappa shape index (κ1) is 17.5. The Balaban J connectivity index is 2.12. The number of hydrogen-bond acceptors (Lipinski definition) is 3. The molecule has 0 heterocycles. The second-order valence-corrected chi connectivity index (χ2v) is 5.64. The van der Waals surface area contributed by atoms with Crippen molar-refractivity contribution in [2.24, 2.45) is 0 Å². The molecule has 24 heavy (non-hydrogen) atoms. The largest absolute Gasteiger partial charge is 0.481 e. The van der Waals surface area contributed by atoms with E-state index in [0.717, 1.165) is 11.1 Å². The van der Waals surface area contributed by atoms with Gasteiger partial charge in [0.1, 0.15) is 5.75 Å². The monoisotopic (exact) mass is 326 g/mol. The van der Waals surface area contributed by atoms with Gasteiger partial charge in [0.05, 0.1) is 11.3 Å². The van der Waals surface area contributed by atoms with Crippen molar-refractivity contribution in [1.29, 1.82) is 0 Å². The normalized spacial score (nSPS) is 11.5. The first-order valence-electron chi connectivity index (χ1n) is 7.78. The summed E-state index contributed by atoms with van der Waals surface area (Å²) in [5.74, 6) is 0.110. The highest BCUT2D eigenvalue weighted by molar-refractivity contribution is 6.04. The molecule has 2 N–H and O–H groups in total. The van der Waals surface area contributed by atoms with E-state index in [-0.39, 0.29) is 11.8 Å². The summed E-state index contributed by atoms with van der Waals surface area (Å²) in [6.07, 6.45) is -0.691. The van der Waals surface area contributed by atoms with Gasteiger partial charge in [0.25, 0.3) is 11.8 Å². The van der Waals surface area contributed by atoms with Crippen molar-refractivity contribution in [3.05, 3.63) is 59.2 Å². The Morgan fingerprint density at radius 3 is 2.50 bits per heavy atom.